The van der Waals surface area contributed by atoms with Crippen LogP contribution in [0.15, 0.2) is 48.6 Å². The Morgan fingerprint density at radius 1 is 0.260 bits per heavy atom. The van der Waals surface area contributed by atoms with E-state index < -0.39 is 6.10 Å². The van der Waals surface area contributed by atoms with Crippen LogP contribution in [0.3, 0.4) is 0 Å². The Labute approximate surface area is 479 Å². The fourth-order valence-corrected chi connectivity index (χ4v) is 10.1. The Balaban J connectivity index is 4.11. The average Bonchev–Trinajstić information content (AvgIpc) is 3.43. The quantitative estimate of drug-likeness (QED) is 0.0261. The number of esters is 3. The van der Waals surface area contributed by atoms with Crippen LogP contribution >= 0.6 is 0 Å². The number of hydrogen-bond donors (Lipinski definition) is 0. The molecule has 0 aliphatic carbocycles. The van der Waals surface area contributed by atoms with Crippen LogP contribution < -0.4 is 0 Å². The highest BCUT2D eigenvalue weighted by Crippen LogP contribution is 2.18. The second-order valence-corrected chi connectivity index (χ2v) is 23.1. The molecule has 77 heavy (non-hydrogen) atoms. The zero-order chi connectivity index (χ0) is 55.7. The van der Waals surface area contributed by atoms with Gasteiger partial charge in [-0.2, -0.15) is 0 Å². The summed E-state index contributed by atoms with van der Waals surface area (Å²) in [6.07, 6.45) is 82.9. The highest BCUT2D eigenvalue weighted by molar-refractivity contribution is 5.71. The van der Waals surface area contributed by atoms with Crippen molar-refractivity contribution in [2.24, 2.45) is 0 Å². The van der Waals surface area contributed by atoms with Gasteiger partial charge in [-0.1, -0.05) is 301 Å². The molecule has 0 radical (unpaired) electrons. The van der Waals surface area contributed by atoms with Crippen LogP contribution in [0.1, 0.15) is 367 Å². The van der Waals surface area contributed by atoms with E-state index in [0.29, 0.717) is 19.3 Å². The van der Waals surface area contributed by atoms with Gasteiger partial charge in [0.25, 0.3) is 0 Å². The number of carbonyl (C=O) groups excluding carboxylic acids is 3. The molecule has 0 heterocycles. The minimum Gasteiger partial charge on any atom is -0.462 e. The Hall–Kier alpha value is -2.63. The zero-order valence-corrected chi connectivity index (χ0v) is 51.7. The lowest BCUT2D eigenvalue weighted by molar-refractivity contribution is -0.167. The van der Waals surface area contributed by atoms with Crippen molar-refractivity contribution in [1.29, 1.82) is 0 Å². The van der Waals surface area contributed by atoms with Gasteiger partial charge in [0.1, 0.15) is 13.2 Å². The molecule has 6 nitrogen and oxygen atoms in total. The standard InChI is InChI=1S/C71H130O6/c1-4-7-10-13-16-19-22-24-26-28-29-30-31-32-33-34-35-36-37-38-39-40-41-43-44-46-49-52-55-58-61-64-70(73)76-67-68(66-75-69(72)63-60-57-54-51-48-21-18-15-12-9-6-3)77-71(74)65-62-59-56-53-50-47-45-42-27-25-23-20-17-14-11-8-5-2/h15,17-18,20,25,27-29,68H,4-14,16,19,21-24,26,30-67H2,1-3H3/b18-15-,20-17-,27-25-,29-28-. The van der Waals surface area contributed by atoms with Crippen molar-refractivity contribution >= 4 is 17.9 Å². The van der Waals surface area contributed by atoms with Crippen LogP contribution in [0.25, 0.3) is 0 Å². The molecule has 6 heteroatoms. The Morgan fingerprint density at radius 3 is 0.792 bits per heavy atom. The maximum Gasteiger partial charge on any atom is 0.306 e. The van der Waals surface area contributed by atoms with Gasteiger partial charge in [-0.05, 0) is 96.3 Å². The van der Waals surface area contributed by atoms with Gasteiger partial charge in [-0.3, -0.25) is 14.4 Å². The molecule has 1 unspecified atom stereocenters. The lowest BCUT2D eigenvalue weighted by atomic mass is 10.0. The molecule has 0 aromatic rings. The lowest BCUT2D eigenvalue weighted by Crippen LogP contribution is -2.30. The van der Waals surface area contributed by atoms with E-state index in [0.717, 1.165) is 77.0 Å². The van der Waals surface area contributed by atoms with Gasteiger partial charge in [0.05, 0.1) is 0 Å². The molecule has 450 valence electrons. The summed E-state index contributed by atoms with van der Waals surface area (Å²) in [5.74, 6) is -0.874. The van der Waals surface area contributed by atoms with Crippen molar-refractivity contribution in [3.05, 3.63) is 48.6 Å². The van der Waals surface area contributed by atoms with Crippen molar-refractivity contribution in [1.82, 2.24) is 0 Å². The Morgan fingerprint density at radius 2 is 0.481 bits per heavy atom. The fourth-order valence-electron chi connectivity index (χ4n) is 10.1. The minimum absolute atomic E-state index is 0.0757. The summed E-state index contributed by atoms with van der Waals surface area (Å²) >= 11 is 0. The number of unbranched alkanes of at least 4 members (excludes halogenated alkanes) is 44. The van der Waals surface area contributed by atoms with Crippen LogP contribution in [0.5, 0.6) is 0 Å². The molecule has 0 spiro atoms. The summed E-state index contributed by atoms with van der Waals surface area (Å²) in [6, 6.07) is 0. The molecule has 0 saturated carbocycles. The minimum atomic E-state index is -0.779. The molecular formula is C71H130O6. The van der Waals surface area contributed by atoms with Crippen LogP contribution in [-0.2, 0) is 28.6 Å². The van der Waals surface area contributed by atoms with Gasteiger partial charge in [0, 0.05) is 19.3 Å². The summed E-state index contributed by atoms with van der Waals surface area (Å²) in [7, 11) is 0. The molecule has 0 aliphatic heterocycles. The first-order valence-corrected chi connectivity index (χ1v) is 34.1. The van der Waals surface area contributed by atoms with E-state index in [1.165, 1.54) is 250 Å². The van der Waals surface area contributed by atoms with Gasteiger partial charge in [0.2, 0.25) is 0 Å². The first kappa shape index (κ1) is 74.4. The molecule has 0 aliphatic rings. The van der Waals surface area contributed by atoms with Crippen molar-refractivity contribution in [2.75, 3.05) is 13.2 Å². The molecule has 0 aromatic heterocycles. The smallest absolute Gasteiger partial charge is 0.306 e. The van der Waals surface area contributed by atoms with Crippen molar-refractivity contribution < 1.29 is 28.6 Å². The van der Waals surface area contributed by atoms with Gasteiger partial charge in [-0.25, -0.2) is 0 Å². The Kier molecular flexibility index (Phi) is 63.6. The summed E-state index contributed by atoms with van der Waals surface area (Å²) in [5, 5.41) is 0. The molecule has 0 saturated heterocycles. The van der Waals surface area contributed by atoms with Crippen molar-refractivity contribution in [3.63, 3.8) is 0 Å². The maximum absolute atomic E-state index is 12.9. The normalized spacial score (nSPS) is 12.3. The predicted molar refractivity (Wildman–Crippen MR) is 335 cm³/mol. The van der Waals surface area contributed by atoms with E-state index in [-0.39, 0.29) is 31.1 Å². The molecule has 0 rings (SSSR count). The average molecular weight is 1080 g/mol. The maximum atomic E-state index is 12.9. The van der Waals surface area contributed by atoms with Crippen LogP contribution in [0.2, 0.25) is 0 Å². The molecule has 0 amide bonds. The third kappa shape index (κ3) is 64.1. The number of allylic oxidation sites excluding steroid dienone is 8. The number of hydrogen-bond acceptors (Lipinski definition) is 6. The predicted octanol–water partition coefficient (Wildman–Crippen LogP) is 23.3. The zero-order valence-electron chi connectivity index (χ0n) is 51.7. The SMILES string of the molecule is CCCC/C=C\CCCCCCCC(=O)OCC(COC(=O)CCCCCCCCCCCCCCCCCCCCC/C=C\CCCCCCCCCC)OC(=O)CCCCCCCCC/C=C\C/C=C\CCCCC. The van der Waals surface area contributed by atoms with E-state index in [4.69, 9.17) is 14.2 Å². The number of rotatable bonds is 63. The molecule has 0 bridgehead atoms. The summed E-state index contributed by atoms with van der Waals surface area (Å²) < 4.78 is 16.9. The van der Waals surface area contributed by atoms with E-state index in [1.807, 2.05) is 0 Å². The third-order valence-corrected chi connectivity index (χ3v) is 15.3. The molecule has 0 N–H and O–H groups in total. The summed E-state index contributed by atoms with van der Waals surface area (Å²) in [5.41, 5.74) is 0. The van der Waals surface area contributed by atoms with Gasteiger partial charge >= 0.3 is 17.9 Å². The van der Waals surface area contributed by atoms with Crippen molar-refractivity contribution in [2.45, 2.75) is 374 Å². The fraction of sp³-hybridized carbons (Fsp3) is 0.845. The third-order valence-electron chi connectivity index (χ3n) is 15.3. The van der Waals surface area contributed by atoms with E-state index in [1.54, 1.807) is 0 Å². The van der Waals surface area contributed by atoms with E-state index >= 15 is 0 Å². The Bertz CT molecular complexity index is 1330. The first-order valence-electron chi connectivity index (χ1n) is 34.1. The van der Waals surface area contributed by atoms with E-state index in [9.17, 15) is 14.4 Å². The second kappa shape index (κ2) is 65.9. The van der Waals surface area contributed by atoms with E-state index in [2.05, 4.69) is 69.4 Å². The van der Waals surface area contributed by atoms with Crippen LogP contribution in [-0.4, -0.2) is 37.2 Å². The summed E-state index contributed by atoms with van der Waals surface area (Å²) in [6.45, 7) is 6.61. The highest BCUT2D eigenvalue weighted by Gasteiger charge is 2.19. The van der Waals surface area contributed by atoms with Crippen LogP contribution in [0, 0.1) is 0 Å². The first-order chi connectivity index (χ1) is 38.0. The van der Waals surface area contributed by atoms with Gasteiger partial charge in [0.15, 0.2) is 6.10 Å². The second-order valence-electron chi connectivity index (χ2n) is 23.1. The van der Waals surface area contributed by atoms with Gasteiger partial charge in [-0.15, -0.1) is 0 Å². The molecule has 1 atom stereocenters. The highest BCUT2D eigenvalue weighted by atomic mass is 16.6. The monoisotopic (exact) mass is 1080 g/mol. The van der Waals surface area contributed by atoms with Crippen LogP contribution in [0.4, 0.5) is 0 Å². The number of carbonyl (C=O) groups is 3. The number of ether oxygens (including phenoxy) is 3. The topological polar surface area (TPSA) is 78.9 Å². The molecule has 0 aromatic carbocycles. The molecule has 0 fully saturated rings. The lowest BCUT2D eigenvalue weighted by Gasteiger charge is -2.18. The van der Waals surface area contributed by atoms with Gasteiger partial charge < -0.3 is 14.2 Å². The molecular weight excluding hydrogens is 949 g/mol. The largest absolute Gasteiger partial charge is 0.462 e. The van der Waals surface area contributed by atoms with Crippen molar-refractivity contribution in [3.8, 4) is 0 Å². The summed E-state index contributed by atoms with van der Waals surface area (Å²) in [4.78, 5) is 38.3.